The number of nitrogens with zero attached hydrogens (tertiary/aromatic N) is 3. The summed E-state index contributed by atoms with van der Waals surface area (Å²) < 4.78 is 5.18. The third kappa shape index (κ3) is 4.16. The van der Waals surface area contributed by atoms with E-state index in [1.54, 1.807) is 19.2 Å². The van der Waals surface area contributed by atoms with Crippen LogP contribution in [0.25, 0.3) is 11.3 Å². The molecule has 0 amide bonds. The van der Waals surface area contributed by atoms with Crippen molar-refractivity contribution in [3.05, 3.63) is 58.6 Å². The molecular weight excluding hydrogens is 380 g/mol. The van der Waals surface area contributed by atoms with Crippen LogP contribution in [0.15, 0.2) is 47.6 Å². The Kier molecular flexibility index (Phi) is 5.84. The van der Waals surface area contributed by atoms with E-state index in [2.05, 4.69) is 21.4 Å². The fraction of sp³-hybridized carbons (Fsp3) is 0.150. The summed E-state index contributed by atoms with van der Waals surface area (Å²) in [6.07, 6.45) is 1.90. The normalized spacial score (nSPS) is 10.3. The first-order chi connectivity index (χ1) is 13.0. The molecule has 1 heterocycles. The highest BCUT2D eigenvalue weighted by Gasteiger charge is 2.16. The monoisotopic (exact) mass is 396 g/mol. The molecule has 0 radical (unpaired) electrons. The maximum absolute atomic E-state index is 9.77. The highest BCUT2D eigenvalue weighted by molar-refractivity contribution is 7.98. The van der Waals surface area contributed by atoms with Crippen LogP contribution < -0.4 is 10.1 Å². The van der Waals surface area contributed by atoms with Crippen molar-refractivity contribution < 1.29 is 4.74 Å². The van der Waals surface area contributed by atoms with Crippen molar-refractivity contribution in [1.82, 2.24) is 9.97 Å². The molecular formula is C20H17ClN4OS. The Labute approximate surface area is 167 Å². The first-order valence-corrected chi connectivity index (χ1v) is 9.69. The maximum Gasteiger partial charge on any atom is 0.189 e. The SMILES string of the molecule is COc1ccc(Nc2nc(SC)nc(-c3ccc(C)cc3)c2C#N)cc1Cl. The summed E-state index contributed by atoms with van der Waals surface area (Å²) in [5.41, 5.74) is 3.69. The topological polar surface area (TPSA) is 70.8 Å². The number of nitrogens with one attached hydrogen (secondary N) is 1. The number of rotatable bonds is 5. The molecule has 0 aliphatic heterocycles. The minimum atomic E-state index is 0.378. The minimum absolute atomic E-state index is 0.378. The fourth-order valence-corrected chi connectivity index (χ4v) is 3.15. The smallest absolute Gasteiger partial charge is 0.189 e. The Balaban J connectivity index is 2.09. The molecule has 0 aliphatic carbocycles. The van der Waals surface area contributed by atoms with Gasteiger partial charge in [0.15, 0.2) is 11.0 Å². The van der Waals surface area contributed by atoms with Gasteiger partial charge in [-0.1, -0.05) is 53.2 Å². The molecule has 0 saturated heterocycles. The Hall–Kier alpha value is -2.75. The lowest BCUT2D eigenvalue weighted by atomic mass is 10.1. The molecule has 5 nitrogen and oxygen atoms in total. The van der Waals surface area contributed by atoms with Gasteiger partial charge in [0.25, 0.3) is 0 Å². The molecule has 0 bridgehead atoms. The number of halogens is 1. The first-order valence-electron chi connectivity index (χ1n) is 8.09. The Morgan fingerprint density at radius 1 is 1.15 bits per heavy atom. The van der Waals surface area contributed by atoms with E-state index in [9.17, 15) is 5.26 Å². The molecule has 0 spiro atoms. The van der Waals surface area contributed by atoms with Gasteiger partial charge in [-0.25, -0.2) is 9.97 Å². The van der Waals surface area contributed by atoms with E-state index in [1.165, 1.54) is 11.8 Å². The molecule has 1 N–H and O–H groups in total. The fourth-order valence-electron chi connectivity index (χ4n) is 2.53. The molecule has 0 saturated carbocycles. The zero-order chi connectivity index (χ0) is 19.4. The number of anilines is 2. The molecule has 1 aromatic heterocycles. The zero-order valence-corrected chi connectivity index (χ0v) is 16.6. The Morgan fingerprint density at radius 2 is 1.89 bits per heavy atom. The summed E-state index contributed by atoms with van der Waals surface area (Å²) in [6, 6.07) is 15.4. The van der Waals surface area contributed by atoms with Crippen molar-refractivity contribution in [2.75, 3.05) is 18.7 Å². The van der Waals surface area contributed by atoms with Crippen LogP contribution in [0.3, 0.4) is 0 Å². The number of methoxy groups -OCH3 is 1. The first kappa shape index (κ1) is 19.0. The van der Waals surface area contributed by atoms with Crippen LogP contribution in [0.1, 0.15) is 11.1 Å². The van der Waals surface area contributed by atoms with E-state index in [0.29, 0.717) is 38.7 Å². The van der Waals surface area contributed by atoms with Crippen LogP contribution in [0.2, 0.25) is 5.02 Å². The predicted molar refractivity (Wildman–Crippen MR) is 110 cm³/mol. The van der Waals surface area contributed by atoms with Gasteiger partial charge in [-0.2, -0.15) is 5.26 Å². The van der Waals surface area contributed by atoms with Crippen molar-refractivity contribution >= 4 is 34.9 Å². The van der Waals surface area contributed by atoms with Crippen LogP contribution in [0, 0.1) is 18.3 Å². The number of hydrogen-bond acceptors (Lipinski definition) is 6. The van der Waals surface area contributed by atoms with Gasteiger partial charge in [0.2, 0.25) is 0 Å². The van der Waals surface area contributed by atoms with E-state index in [4.69, 9.17) is 16.3 Å². The van der Waals surface area contributed by atoms with Gasteiger partial charge in [-0.05, 0) is 31.4 Å². The lowest BCUT2D eigenvalue weighted by Gasteiger charge is -2.13. The predicted octanol–water partition coefficient (Wildman–Crippen LogP) is 5.45. The highest BCUT2D eigenvalue weighted by Crippen LogP contribution is 2.32. The largest absolute Gasteiger partial charge is 0.495 e. The van der Waals surface area contributed by atoms with Crippen LogP contribution in [0.5, 0.6) is 5.75 Å². The van der Waals surface area contributed by atoms with Crippen molar-refractivity contribution in [3.8, 4) is 23.1 Å². The van der Waals surface area contributed by atoms with Crippen molar-refractivity contribution in [2.24, 2.45) is 0 Å². The minimum Gasteiger partial charge on any atom is -0.495 e. The lowest BCUT2D eigenvalue weighted by molar-refractivity contribution is 0.415. The molecule has 3 rings (SSSR count). The Bertz CT molecular complexity index is 1020. The summed E-state index contributed by atoms with van der Waals surface area (Å²) in [5, 5.41) is 14.0. The quantitative estimate of drug-likeness (QED) is 0.456. The average molecular weight is 397 g/mol. The maximum atomic E-state index is 9.77. The van der Waals surface area contributed by atoms with E-state index in [-0.39, 0.29) is 0 Å². The van der Waals surface area contributed by atoms with Crippen molar-refractivity contribution in [2.45, 2.75) is 12.1 Å². The summed E-state index contributed by atoms with van der Waals surface area (Å²) in [4.78, 5) is 9.03. The molecule has 136 valence electrons. The van der Waals surface area contributed by atoms with Gasteiger partial charge in [0.1, 0.15) is 17.4 Å². The summed E-state index contributed by atoms with van der Waals surface area (Å²) in [7, 11) is 1.56. The number of thioether (sulfide) groups is 1. The van der Waals surface area contributed by atoms with Gasteiger partial charge in [0.05, 0.1) is 17.8 Å². The third-order valence-corrected chi connectivity index (χ3v) is 4.77. The Morgan fingerprint density at radius 3 is 2.48 bits per heavy atom. The van der Waals surface area contributed by atoms with Crippen LogP contribution in [-0.2, 0) is 0 Å². The number of aromatic nitrogens is 2. The molecule has 27 heavy (non-hydrogen) atoms. The standard InChI is InChI=1S/C20H17ClN4OS/c1-12-4-6-13(7-5-12)18-15(11-22)19(25-20(24-18)27-3)23-14-8-9-17(26-2)16(21)10-14/h4-10H,1-3H3,(H,23,24,25). The van der Waals surface area contributed by atoms with Gasteiger partial charge in [-0.3, -0.25) is 0 Å². The molecule has 0 aliphatic rings. The van der Waals surface area contributed by atoms with Crippen LogP contribution in [-0.4, -0.2) is 23.3 Å². The second-order valence-corrected chi connectivity index (χ2v) is 6.92. The second-order valence-electron chi connectivity index (χ2n) is 5.73. The number of ether oxygens (including phenoxy) is 1. The van der Waals surface area contributed by atoms with Crippen molar-refractivity contribution in [3.63, 3.8) is 0 Å². The molecule has 7 heteroatoms. The van der Waals surface area contributed by atoms with E-state index >= 15 is 0 Å². The van der Waals surface area contributed by atoms with Gasteiger partial charge < -0.3 is 10.1 Å². The third-order valence-electron chi connectivity index (χ3n) is 3.92. The molecule has 2 aromatic carbocycles. The van der Waals surface area contributed by atoms with Gasteiger partial charge in [0, 0.05) is 11.3 Å². The second kappa shape index (κ2) is 8.30. The molecule has 0 unspecified atom stereocenters. The summed E-state index contributed by atoms with van der Waals surface area (Å²) >= 11 is 7.62. The number of benzene rings is 2. The summed E-state index contributed by atoms with van der Waals surface area (Å²) in [6.45, 7) is 2.02. The van der Waals surface area contributed by atoms with E-state index in [1.807, 2.05) is 43.5 Å². The van der Waals surface area contributed by atoms with Crippen LogP contribution >= 0.6 is 23.4 Å². The average Bonchev–Trinajstić information content (AvgIpc) is 2.68. The van der Waals surface area contributed by atoms with Crippen LogP contribution in [0.4, 0.5) is 11.5 Å². The number of nitriles is 1. The number of aryl methyl sites for hydroxylation is 1. The highest BCUT2D eigenvalue weighted by atomic mass is 35.5. The van der Waals surface area contributed by atoms with Crippen molar-refractivity contribution in [1.29, 1.82) is 5.26 Å². The van der Waals surface area contributed by atoms with Gasteiger partial charge >= 0.3 is 0 Å². The lowest BCUT2D eigenvalue weighted by Crippen LogP contribution is -2.03. The number of hydrogen-bond donors (Lipinski definition) is 1. The van der Waals surface area contributed by atoms with E-state index < -0.39 is 0 Å². The molecule has 3 aromatic rings. The van der Waals surface area contributed by atoms with Gasteiger partial charge in [-0.15, -0.1) is 0 Å². The zero-order valence-electron chi connectivity index (χ0n) is 15.1. The molecule has 0 atom stereocenters. The summed E-state index contributed by atoms with van der Waals surface area (Å²) in [5.74, 6) is 1.02. The van der Waals surface area contributed by atoms with E-state index in [0.717, 1.165) is 11.1 Å². The molecule has 0 fully saturated rings.